The molecule has 0 aliphatic rings. The fraction of sp³-hybridized carbons (Fsp3) is 0.571. The van der Waals surface area contributed by atoms with Crippen LogP contribution in [0.15, 0.2) is 18.5 Å². The number of anilines is 1. The van der Waals surface area contributed by atoms with Crippen molar-refractivity contribution in [2.24, 2.45) is 0 Å². The summed E-state index contributed by atoms with van der Waals surface area (Å²) in [6.45, 7) is 6.83. The summed E-state index contributed by atoms with van der Waals surface area (Å²) in [5, 5.41) is 11.9. The molecule has 0 bridgehead atoms. The molecule has 1 atom stereocenters. The quantitative estimate of drug-likeness (QED) is 0.847. The van der Waals surface area contributed by atoms with Gasteiger partial charge >= 0.3 is 0 Å². The second-order valence-corrected chi connectivity index (χ2v) is 4.93. The number of hydrogen-bond donors (Lipinski definition) is 1. The fourth-order valence-electron chi connectivity index (χ4n) is 2.16. The van der Waals surface area contributed by atoms with E-state index in [9.17, 15) is 4.39 Å². The predicted octanol–water partition coefficient (Wildman–Crippen LogP) is 2.94. The first-order valence-corrected chi connectivity index (χ1v) is 7.02. The number of alkyl halides is 1. The van der Waals surface area contributed by atoms with Gasteiger partial charge < -0.3 is 5.32 Å². The third kappa shape index (κ3) is 3.00. The van der Waals surface area contributed by atoms with Crippen LogP contribution in [-0.2, 0) is 13.1 Å². The molecule has 0 saturated heterocycles. The highest BCUT2D eigenvalue weighted by Crippen LogP contribution is 2.17. The van der Waals surface area contributed by atoms with Crippen molar-refractivity contribution in [3.63, 3.8) is 0 Å². The van der Waals surface area contributed by atoms with Gasteiger partial charge in [-0.1, -0.05) is 6.92 Å². The smallest absolute Gasteiger partial charge is 0.109 e. The second kappa shape index (κ2) is 6.54. The highest BCUT2D eigenvalue weighted by molar-refractivity contribution is 5.46. The summed E-state index contributed by atoms with van der Waals surface area (Å²) >= 11 is 0. The summed E-state index contributed by atoms with van der Waals surface area (Å²) in [7, 11) is 0. The standard InChI is InChI=1S/C14H22FN5/c1-4-11(2)20-13(5-7-17-20)9-16-14-10-18-19(8-6-15)12(14)3/h5,7,10-11,16H,4,6,8-9H2,1-3H3/t11-/m0/s1. The van der Waals surface area contributed by atoms with Gasteiger partial charge in [0.2, 0.25) is 0 Å². The second-order valence-electron chi connectivity index (χ2n) is 4.93. The van der Waals surface area contributed by atoms with E-state index in [1.54, 1.807) is 10.9 Å². The van der Waals surface area contributed by atoms with Gasteiger partial charge in [-0.3, -0.25) is 9.36 Å². The minimum Gasteiger partial charge on any atom is -0.377 e. The van der Waals surface area contributed by atoms with Gasteiger partial charge in [0.1, 0.15) is 6.67 Å². The van der Waals surface area contributed by atoms with Crippen LogP contribution in [0.2, 0.25) is 0 Å². The van der Waals surface area contributed by atoms with E-state index in [2.05, 4.69) is 29.4 Å². The lowest BCUT2D eigenvalue weighted by Gasteiger charge is -2.14. The van der Waals surface area contributed by atoms with Crippen LogP contribution in [0, 0.1) is 6.92 Å². The van der Waals surface area contributed by atoms with Gasteiger partial charge in [-0.15, -0.1) is 0 Å². The van der Waals surface area contributed by atoms with Gasteiger partial charge in [0.05, 0.1) is 36.4 Å². The molecule has 6 heteroatoms. The zero-order valence-corrected chi connectivity index (χ0v) is 12.3. The van der Waals surface area contributed by atoms with Crippen LogP contribution >= 0.6 is 0 Å². The molecule has 0 fully saturated rings. The van der Waals surface area contributed by atoms with Crippen molar-refractivity contribution in [1.29, 1.82) is 0 Å². The van der Waals surface area contributed by atoms with Gasteiger partial charge in [0.25, 0.3) is 0 Å². The zero-order chi connectivity index (χ0) is 14.5. The molecule has 0 spiro atoms. The van der Waals surface area contributed by atoms with Crippen LogP contribution in [0.1, 0.15) is 37.7 Å². The summed E-state index contributed by atoms with van der Waals surface area (Å²) in [6.07, 6.45) is 4.61. The van der Waals surface area contributed by atoms with Gasteiger partial charge in [0.15, 0.2) is 0 Å². The average Bonchev–Trinajstić information content (AvgIpc) is 3.05. The number of aromatic nitrogens is 4. The summed E-state index contributed by atoms with van der Waals surface area (Å²) in [4.78, 5) is 0. The summed E-state index contributed by atoms with van der Waals surface area (Å²) in [5.41, 5.74) is 3.03. The summed E-state index contributed by atoms with van der Waals surface area (Å²) in [5.74, 6) is 0. The average molecular weight is 279 g/mol. The van der Waals surface area contributed by atoms with Crippen molar-refractivity contribution in [3.05, 3.63) is 29.8 Å². The molecule has 2 aromatic heterocycles. The highest BCUT2D eigenvalue weighted by Gasteiger charge is 2.10. The molecule has 0 radical (unpaired) electrons. The van der Waals surface area contributed by atoms with E-state index in [1.807, 2.05) is 23.9 Å². The molecule has 2 heterocycles. The zero-order valence-electron chi connectivity index (χ0n) is 12.3. The number of nitrogens with zero attached hydrogens (tertiary/aromatic N) is 4. The molecule has 20 heavy (non-hydrogen) atoms. The van der Waals surface area contributed by atoms with Gasteiger partial charge in [0, 0.05) is 12.2 Å². The lowest BCUT2D eigenvalue weighted by Crippen LogP contribution is -2.13. The van der Waals surface area contributed by atoms with Gasteiger partial charge in [-0.05, 0) is 26.3 Å². The Morgan fingerprint density at radius 1 is 1.40 bits per heavy atom. The molecular weight excluding hydrogens is 257 g/mol. The van der Waals surface area contributed by atoms with Gasteiger partial charge in [-0.2, -0.15) is 10.2 Å². The van der Waals surface area contributed by atoms with Crippen LogP contribution in [-0.4, -0.2) is 26.2 Å². The summed E-state index contributed by atoms with van der Waals surface area (Å²) in [6, 6.07) is 2.40. The lowest BCUT2D eigenvalue weighted by atomic mass is 10.2. The molecule has 0 saturated carbocycles. The molecule has 0 unspecified atom stereocenters. The minimum absolute atomic E-state index is 0.304. The number of rotatable bonds is 7. The molecule has 0 aromatic carbocycles. The molecule has 2 aromatic rings. The van der Waals surface area contributed by atoms with E-state index in [0.29, 0.717) is 19.1 Å². The maximum absolute atomic E-state index is 12.4. The normalized spacial score (nSPS) is 12.6. The van der Waals surface area contributed by atoms with Gasteiger partial charge in [-0.25, -0.2) is 4.39 Å². The van der Waals surface area contributed by atoms with E-state index < -0.39 is 6.67 Å². The third-order valence-electron chi connectivity index (χ3n) is 3.62. The van der Waals surface area contributed by atoms with Crippen molar-refractivity contribution in [3.8, 4) is 0 Å². The Balaban J connectivity index is 2.04. The van der Waals surface area contributed by atoms with Crippen molar-refractivity contribution < 1.29 is 4.39 Å². The maximum Gasteiger partial charge on any atom is 0.109 e. The minimum atomic E-state index is -0.400. The molecule has 1 N–H and O–H groups in total. The molecule has 110 valence electrons. The van der Waals surface area contributed by atoms with Crippen LogP contribution in [0.4, 0.5) is 10.1 Å². The first kappa shape index (κ1) is 14.6. The van der Waals surface area contributed by atoms with Crippen LogP contribution < -0.4 is 5.32 Å². The predicted molar refractivity (Wildman–Crippen MR) is 77.5 cm³/mol. The van der Waals surface area contributed by atoms with E-state index in [0.717, 1.165) is 23.5 Å². The number of aryl methyl sites for hydroxylation is 1. The maximum atomic E-state index is 12.4. The van der Waals surface area contributed by atoms with E-state index in [4.69, 9.17) is 0 Å². The topological polar surface area (TPSA) is 47.7 Å². The Labute approximate surface area is 118 Å². The largest absolute Gasteiger partial charge is 0.377 e. The Hall–Kier alpha value is -1.85. The van der Waals surface area contributed by atoms with Crippen molar-refractivity contribution in [1.82, 2.24) is 19.6 Å². The SMILES string of the molecule is CC[C@H](C)n1nccc1CNc1cnn(CCF)c1C. The molecule has 5 nitrogen and oxygen atoms in total. The van der Waals surface area contributed by atoms with Crippen molar-refractivity contribution in [2.75, 3.05) is 12.0 Å². The molecule has 0 amide bonds. The number of hydrogen-bond acceptors (Lipinski definition) is 3. The third-order valence-corrected chi connectivity index (χ3v) is 3.62. The first-order chi connectivity index (χ1) is 9.67. The fourth-order valence-corrected chi connectivity index (χ4v) is 2.16. The molecular formula is C14H22FN5. The van der Waals surface area contributed by atoms with E-state index in [-0.39, 0.29) is 0 Å². The monoisotopic (exact) mass is 279 g/mol. The lowest BCUT2D eigenvalue weighted by molar-refractivity contribution is 0.423. The Morgan fingerprint density at radius 3 is 2.90 bits per heavy atom. The van der Waals surface area contributed by atoms with Crippen LogP contribution in [0.25, 0.3) is 0 Å². The Bertz CT molecular complexity index is 546. The van der Waals surface area contributed by atoms with Crippen molar-refractivity contribution >= 4 is 5.69 Å². The van der Waals surface area contributed by atoms with Crippen molar-refractivity contribution in [2.45, 2.75) is 46.3 Å². The van der Waals surface area contributed by atoms with E-state index in [1.165, 1.54) is 0 Å². The first-order valence-electron chi connectivity index (χ1n) is 7.02. The molecule has 2 rings (SSSR count). The molecule has 0 aliphatic carbocycles. The van der Waals surface area contributed by atoms with Crippen LogP contribution in [0.5, 0.6) is 0 Å². The Morgan fingerprint density at radius 2 is 2.20 bits per heavy atom. The van der Waals surface area contributed by atoms with Crippen LogP contribution in [0.3, 0.4) is 0 Å². The number of nitrogens with one attached hydrogen (secondary N) is 1. The molecule has 0 aliphatic heterocycles. The highest BCUT2D eigenvalue weighted by atomic mass is 19.1. The Kier molecular flexibility index (Phi) is 4.76. The summed E-state index contributed by atoms with van der Waals surface area (Å²) < 4.78 is 16.1. The van der Waals surface area contributed by atoms with E-state index >= 15 is 0 Å². The number of halogens is 1.